The third-order valence-electron chi connectivity index (χ3n) is 4.07. The van der Waals surface area contributed by atoms with Crippen molar-refractivity contribution in [3.8, 4) is 0 Å². The second kappa shape index (κ2) is 7.32. The van der Waals surface area contributed by atoms with Crippen molar-refractivity contribution >= 4 is 28.5 Å². The molecule has 0 spiro atoms. The average molecular weight is 348 g/mol. The number of aromatic nitrogens is 3. The first-order valence-electron chi connectivity index (χ1n) is 8.23. The summed E-state index contributed by atoms with van der Waals surface area (Å²) in [6.45, 7) is 5.88. The minimum Gasteiger partial charge on any atom is -0.414 e. The Kier molecular flexibility index (Phi) is 5.16. The van der Waals surface area contributed by atoms with Gasteiger partial charge in [0.05, 0.1) is 24.1 Å². The van der Waals surface area contributed by atoms with Gasteiger partial charge in [0.25, 0.3) is 0 Å². The predicted molar refractivity (Wildman–Crippen MR) is 95.7 cm³/mol. The van der Waals surface area contributed by atoms with Gasteiger partial charge in [-0.3, -0.25) is 4.98 Å². The van der Waals surface area contributed by atoms with E-state index in [1.54, 1.807) is 12.5 Å². The van der Waals surface area contributed by atoms with Gasteiger partial charge in [-0.2, -0.15) is 4.98 Å². The summed E-state index contributed by atoms with van der Waals surface area (Å²) < 4.78 is 0. The summed E-state index contributed by atoms with van der Waals surface area (Å²) >= 11 is 6.09. The lowest BCUT2D eigenvalue weighted by Crippen LogP contribution is -2.45. The summed E-state index contributed by atoms with van der Waals surface area (Å²) in [6.07, 6.45) is 8.67. The Labute approximate surface area is 146 Å². The number of fused-ring (bicyclic) bond motifs is 1. The molecule has 1 N–H and O–H groups in total. The second-order valence-electron chi connectivity index (χ2n) is 6.30. The van der Waals surface area contributed by atoms with Gasteiger partial charge in [-0.25, -0.2) is 4.98 Å². The maximum atomic E-state index is 6.09. The van der Waals surface area contributed by atoms with E-state index in [-0.39, 0.29) is 10.8 Å². The molecule has 0 amide bonds. The number of nitrogens with zero attached hydrogens (tertiary/aromatic N) is 4. The maximum absolute atomic E-state index is 6.09. The summed E-state index contributed by atoms with van der Waals surface area (Å²) in [5, 5.41) is 5.70. The lowest BCUT2D eigenvalue weighted by molar-refractivity contribution is -0.0865. The van der Waals surface area contributed by atoms with Crippen molar-refractivity contribution in [3.05, 3.63) is 36.0 Å². The number of nitrogens with one attached hydrogen (secondary N) is 1. The Morgan fingerprint density at radius 1 is 1.42 bits per heavy atom. The number of hydroxylamine groups is 2. The number of halogens is 1. The Morgan fingerprint density at radius 3 is 3.04 bits per heavy atom. The van der Waals surface area contributed by atoms with Crippen LogP contribution in [0.4, 0.5) is 5.82 Å². The highest BCUT2D eigenvalue weighted by molar-refractivity contribution is 6.28. The van der Waals surface area contributed by atoms with Crippen LogP contribution < -0.4 is 5.32 Å². The highest BCUT2D eigenvalue weighted by Crippen LogP contribution is 2.27. The molecule has 0 saturated carbocycles. The first-order chi connectivity index (χ1) is 11.6. The number of unbranched alkanes of at least 4 members (excludes halogenated alkanes) is 1. The highest BCUT2D eigenvalue weighted by Gasteiger charge is 2.29. The number of rotatable bonds is 7. The minimum absolute atomic E-state index is 0.218. The van der Waals surface area contributed by atoms with Crippen LogP contribution in [0.15, 0.2) is 30.7 Å². The van der Waals surface area contributed by atoms with Gasteiger partial charge in [-0.15, -0.1) is 5.06 Å². The molecule has 7 heteroatoms. The lowest BCUT2D eigenvalue weighted by atomic mass is 9.94. The van der Waals surface area contributed by atoms with E-state index in [4.69, 9.17) is 16.4 Å². The fraction of sp³-hybridized carbons (Fsp3) is 0.471. The van der Waals surface area contributed by atoms with E-state index in [0.29, 0.717) is 5.82 Å². The van der Waals surface area contributed by atoms with E-state index >= 15 is 0 Å². The molecular weight excluding hydrogens is 326 g/mol. The monoisotopic (exact) mass is 347 g/mol. The fourth-order valence-electron chi connectivity index (χ4n) is 2.88. The molecule has 0 bridgehead atoms. The van der Waals surface area contributed by atoms with Gasteiger partial charge in [0.2, 0.25) is 5.28 Å². The van der Waals surface area contributed by atoms with Crippen LogP contribution in [0.5, 0.6) is 0 Å². The zero-order chi connectivity index (χ0) is 17.0. The molecule has 3 rings (SSSR count). The van der Waals surface area contributed by atoms with Gasteiger partial charge in [-0.1, -0.05) is 19.8 Å². The molecule has 1 aliphatic rings. The van der Waals surface area contributed by atoms with Crippen molar-refractivity contribution in [2.24, 2.45) is 0 Å². The van der Waals surface area contributed by atoms with Crippen molar-refractivity contribution in [1.82, 2.24) is 20.0 Å². The molecule has 1 aliphatic heterocycles. The van der Waals surface area contributed by atoms with E-state index in [1.165, 1.54) is 0 Å². The molecule has 3 heterocycles. The van der Waals surface area contributed by atoms with Gasteiger partial charge < -0.3 is 10.2 Å². The van der Waals surface area contributed by atoms with Crippen molar-refractivity contribution < 1.29 is 4.84 Å². The maximum Gasteiger partial charge on any atom is 0.225 e. The van der Waals surface area contributed by atoms with Crippen LogP contribution in [-0.2, 0) is 4.84 Å². The van der Waals surface area contributed by atoms with Gasteiger partial charge in [0, 0.05) is 6.20 Å². The van der Waals surface area contributed by atoms with E-state index in [0.717, 1.165) is 43.4 Å². The molecule has 6 nitrogen and oxygen atoms in total. The topological polar surface area (TPSA) is 63.2 Å². The number of pyridine rings is 1. The van der Waals surface area contributed by atoms with Crippen molar-refractivity contribution in [3.63, 3.8) is 0 Å². The van der Waals surface area contributed by atoms with Crippen molar-refractivity contribution in [1.29, 1.82) is 0 Å². The molecule has 2 aromatic rings. The molecule has 1 atom stereocenters. The standard InChI is InChI=1S/C17H22ClN5O/c1-3-4-8-17(2,12-23-10-6-11-24-23)22-15-14-13(7-5-9-19-14)20-16(18)21-15/h5-7,9,11H,3-4,8,10,12H2,1-2H3,(H,20,21,22)/t17-/m1/s1. The Hall–Kier alpha value is -1.92. The molecule has 24 heavy (non-hydrogen) atoms. The SMILES string of the molecule is CCCC[C@](C)(CN1CC=CO1)Nc1nc(Cl)nc2cccnc12. The fourth-order valence-corrected chi connectivity index (χ4v) is 3.06. The van der Waals surface area contributed by atoms with Gasteiger partial charge >= 0.3 is 0 Å². The van der Waals surface area contributed by atoms with Gasteiger partial charge in [-0.05, 0) is 43.2 Å². The molecule has 0 radical (unpaired) electrons. The molecule has 0 fully saturated rings. The van der Waals surface area contributed by atoms with Crippen molar-refractivity contribution in [2.45, 2.75) is 38.6 Å². The molecular formula is C17H22ClN5O. The zero-order valence-electron chi connectivity index (χ0n) is 14.0. The van der Waals surface area contributed by atoms with Crippen molar-refractivity contribution in [2.75, 3.05) is 18.4 Å². The van der Waals surface area contributed by atoms with E-state index < -0.39 is 0 Å². The predicted octanol–water partition coefficient (Wildman–Crippen LogP) is 3.80. The summed E-state index contributed by atoms with van der Waals surface area (Å²) in [7, 11) is 0. The van der Waals surface area contributed by atoms with Crippen LogP contribution in [-0.4, -0.2) is 38.6 Å². The Bertz CT molecular complexity index is 730. The first-order valence-corrected chi connectivity index (χ1v) is 8.61. The quantitative estimate of drug-likeness (QED) is 0.768. The van der Waals surface area contributed by atoms with Crippen LogP contribution in [0.2, 0.25) is 5.28 Å². The third-order valence-corrected chi connectivity index (χ3v) is 4.24. The summed E-state index contributed by atoms with van der Waals surface area (Å²) in [5.74, 6) is 0.663. The highest BCUT2D eigenvalue weighted by atomic mass is 35.5. The average Bonchev–Trinajstić information content (AvgIpc) is 3.05. The summed E-state index contributed by atoms with van der Waals surface area (Å²) in [4.78, 5) is 18.5. The van der Waals surface area contributed by atoms with E-state index in [9.17, 15) is 0 Å². The zero-order valence-corrected chi connectivity index (χ0v) is 14.8. The largest absolute Gasteiger partial charge is 0.414 e. The van der Waals surface area contributed by atoms with E-state index in [2.05, 4.69) is 34.1 Å². The molecule has 2 aromatic heterocycles. The molecule has 0 aliphatic carbocycles. The number of hydrogen-bond acceptors (Lipinski definition) is 6. The minimum atomic E-state index is -0.218. The molecule has 0 saturated heterocycles. The first kappa shape index (κ1) is 16.9. The second-order valence-corrected chi connectivity index (χ2v) is 6.64. The Balaban J connectivity index is 1.88. The lowest BCUT2D eigenvalue weighted by Gasteiger charge is -2.34. The van der Waals surface area contributed by atoms with Crippen LogP contribution in [0.3, 0.4) is 0 Å². The summed E-state index contributed by atoms with van der Waals surface area (Å²) in [5.41, 5.74) is 1.24. The number of anilines is 1. The molecule has 0 unspecified atom stereocenters. The number of hydrogen-bond donors (Lipinski definition) is 1. The third kappa shape index (κ3) is 3.94. The van der Waals surface area contributed by atoms with Crippen LogP contribution in [0, 0.1) is 0 Å². The van der Waals surface area contributed by atoms with E-state index in [1.807, 2.05) is 23.3 Å². The van der Waals surface area contributed by atoms with Gasteiger partial charge in [0.1, 0.15) is 11.8 Å². The molecule has 128 valence electrons. The summed E-state index contributed by atoms with van der Waals surface area (Å²) in [6, 6.07) is 3.73. The normalized spacial score (nSPS) is 17.0. The smallest absolute Gasteiger partial charge is 0.225 e. The van der Waals surface area contributed by atoms with Crippen LogP contribution >= 0.6 is 11.6 Å². The molecule has 0 aromatic carbocycles. The van der Waals surface area contributed by atoms with Crippen LogP contribution in [0.25, 0.3) is 11.0 Å². The van der Waals surface area contributed by atoms with Crippen LogP contribution in [0.1, 0.15) is 33.1 Å². The Morgan fingerprint density at radius 2 is 2.29 bits per heavy atom. The van der Waals surface area contributed by atoms with Gasteiger partial charge in [0.15, 0.2) is 5.82 Å².